The quantitative estimate of drug-likeness (QED) is 0.855. The Labute approximate surface area is 105 Å². The molecule has 18 heavy (non-hydrogen) atoms. The zero-order chi connectivity index (χ0) is 13.8. The van der Waals surface area contributed by atoms with Crippen molar-refractivity contribution in [1.29, 1.82) is 0 Å². The average molecular weight is 252 g/mol. The summed E-state index contributed by atoms with van der Waals surface area (Å²) in [4.78, 5) is 26.4. The second kappa shape index (κ2) is 5.48. The number of alkyl carbamates (subject to hydrolysis) is 1. The summed E-state index contributed by atoms with van der Waals surface area (Å²) in [5.41, 5.74) is -0.293. The normalized spacial score (nSPS) is 12.6. The van der Waals surface area contributed by atoms with E-state index in [0.717, 1.165) is 0 Å². The van der Waals surface area contributed by atoms with Gasteiger partial charge in [-0.05, 0) is 26.8 Å². The van der Waals surface area contributed by atoms with Crippen molar-refractivity contribution in [2.45, 2.75) is 32.4 Å². The molecule has 0 aliphatic heterocycles. The molecule has 98 valence electrons. The lowest BCUT2D eigenvalue weighted by molar-refractivity contribution is -0.139. The van der Waals surface area contributed by atoms with Crippen LogP contribution in [0.15, 0.2) is 24.5 Å². The Hall–Kier alpha value is -2.11. The Kier molecular flexibility index (Phi) is 4.25. The Morgan fingerprint density at radius 3 is 2.56 bits per heavy atom. The molecule has 1 aromatic heterocycles. The van der Waals surface area contributed by atoms with Gasteiger partial charge in [0.1, 0.15) is 5.60 Å². The number of aromatic nitrogens is 1. The third kappa shape index (κ3) is 4.40. The van der Waals surface area contributed by atoms with Crippen LogP contribution in [0.3, 0.4) is 0 Å². The monoisotopic (exact) mass is 252 g/mol. The standard InChI is InChI=1S/C12H16N2O4/c1-12(2,3)18-11(17)14-9(10(15)16)8-5-4-6-13-7-8/h4-7,9H,1-3H3,(H,14,17)(H,15,16). The summed E-state index contributed by atoms with van der Waals surface area (Å²) in [6.45, 7) is 5.10. The molecule has 2 N–H and O–H groups in total. The molecule has 0 aromatic carbocycles. The average Bonchev–Trinajstić information content (AvgIpc) is 2.24. The van der Waals surface area contributed by atoms with Gasteiger partial charge in [-0.15, -0.1) is 0 Å². The molecule has 0 fully saturated rings. The van der Waals surface area contributed by atoms with Gasteiger partial charge >= 0.3 is 12.1 Å². The highest BCUT2D eigenvalue weighted by Crippen LogP contribution is 2.13. The van der Waals surface area contributed by atoms with Gasteiger partial charge in [0.2, 0.25) is 0 Å². The van der Waals surface area contributed by atoms with Crippen LogP contribution in [0, 0.1) is 0 Å². The fraction of sp³-hybridized carbons (Fsp3) is 0.417. The number of carboxylic acids is 1. The maximum Gasteiger partial charge on any atom is 0.408 e. The van der Waals surface area contributed by atoms with E-state index in [-0.39, 0.29) is 0 Å². The molecule has 0 saturated carbocycles. The van der Waals surface area contributed by atoms with Crippen molar-refractivity contribution in [2.24, 2.45) is 0 Å². The van der Waals surface area contributed by atoms with Crippen LogP contribution in [0.2, 0.25) is 0 Å². The van der Waals surface area contributed by atoms with Crippen molar-refractivity contribution in [3.05, 3.63) is 30.1 Å². The summed E-state index contributed by atoms with van der Waals surface area (Å²) >= 11 is 0. The third-order valence-electron chi connectivity index (χ3n) is 1.93. The van der Waals surface area contributed by atoms with Crippen LogP contribution in [0.5, 0.6) is 0 Å². The van der Waals surface area contributed by atoms with Crippen LogP contribution in [-0.2, 0) is 9.53 Å². The molecule has 0 aliphatic rings. The zero-order valence-electron chi connectivity index (χ0n) is 10.5. The zero-order valence-corrected chi connectivity index (χ0v) is 10.5. The number of hydrogen-bond donors (Lipinski definition) is 2. The number of pyridine rings is 1. The van der Waals surface area contributed by atoms with Crippen molar-refractivity contribution in [2.75, 3.05) is 0 Å². The summed E-state index contributed by atoms with van der Waals surface area (Å²) in [5, 5.41) is 11.4. The van der Waals surface area contributed by atoms with Gasteiger partial charge in [0, 0.05) is 18.0 Å². The van der Waals surface area contributed by atoms with Crippen molar-refractivity contribution < 1.29 is 19.4 Å². The lowest BCUT2D eigenvalue weighted by atomic mass is 10.1. The van der Waals surface area contributed by atoms with Crippen LogP contribution in [0.25, 0.3) is 0 Å². The number of nitrogens with one attached hydrogen (secondary N) is 1. The van der Waals surface area contributed by atoms with Crippen LogP contribution < -0.4 is 5.32 Å². The van der Waals surface area contributed by atoms with Crippen molar-refractivity contribution >= 4 is 12.1 Å². The van der Waals surface area contributed by atoms with Crippen LogP contribution in [-0.4, -0.2) is 27.8 Å². The molecular formula is C12H16N2O4. The molecule has 0 saturated heterocycles. The fourth-order valence-corrected chi connectivity index (χ4v) is 1.26. The molecule has 0 spiro atoms. The molecule has 1 amide bonds. The number of aliphatic carboxylic acids is 1. The fourth-order valence-electron chi connectivity index (χ4n) is 1.26. The Balaban J connectivity index is 2.77. The number of nitrogens with zero attached hydrogens (tertiary/aromatic N) is 1. The van der Waals surface area contributed by atoms with E-state index in [2.05, 4.69) is 10.3 Å². The number of carbonyl (C=O) groups excluding carboxylic acids is 1. The molecule has 1 rings (SSSR count). The predicted octanol–water partition coefficient (Wildman–Crippen LogP) is 1.73. The largest absolute Gasteiger partial charge is 0.479 e. The molecule has 6 nitrogen and oxygen atoms in total. The van der Waals surface area contributed by atoms with Crippen LogP contribution in [0.1, 0.15) is 32.4 Å². The van der Waals surface area contributed by atoms with Gasteiger partial charge in [-0.3, -0.25) is 4.98 Å². The van der Waals surface area contributed by atoms with Crippen LogP contribution >= 0.6 is 0 Å². The van der Waals surface area contributed by atoms with Gasteiger partial charge in [0.15, 0.2) is 6.04 Å². The van der Waals surface area contributed by atoms with E-state index in [9.17, 15) is 9.59 Å². The molecule has 1 unspecified atom stereocenters. The first kappa shape index (κ1) is 14.0. The summed E-state index contributed by atoms with van der Waals surface area (Å²) in [6, 6.07) is 2.00. The predicted molar refractivity (Wildman–Crippen MR) is 64.0 cm³/mol. The lowest BCUT2D eigenvalue weighted by Crippen LogP contribution is -2.38. The summed E-state index contributed by atoms with van der Waals surface area (Å²) in [6.07, 6.45) is 2.13. The SMILES string of the molecule is CC(C)(C)OC(=O)NC(C(=O)O)c1cccnc1. The van der Waals surface area contributed by atoms with E-state index in [1.54, 1.807) is 32.9 Å². The number of ether oxygens (including phenoxy) is 1. The van der Waals surface area contributed by atoms with E-state index in [4.69, 9.17) is 9.84 Å². The van der Waals surface area contributed by atoms with Crippen molar-refractivity contribution in [1.82, 2.24) is 10.3 Å². The topological polar surface area (TPSA) is 88.5 Å². The molecular weight excluding hydrogens is 236 g/mol. The first-order valence-electron chi connectivity index (χ1n) is 5.42. The third-order valence-corrected chi connectivity index (χ3v) is 1.93. The Bertz CT molecular complexity index is 425. The van der Waals surface area contributed by atoms with E-state index in [0.29, 0.717) is 5.56 Å². The second-order valence-corrected chi connectivity index (χ2v) is 4.70. The maximum atomic E-state index is 11.5. The number of rotatable bonds is 3. The van der Waals surface area contributed by atoms with Crippen molar-refractivity contribution in [3.63, 3.8) is 0 Å². The minimum Gasteiger partial charge on any atom is -0.479 e. The van der Waals surface area contributed by atoms with E-state index >= 15 is 0 Å². The molecule has 6 heteroatoms. The minimum atomic E-state index is -1.17. The highest BCUT2D eigenvalue weighted by atomic mass is 16.6. The van der Waals surface area contributed by atoms with Gasteiger partial charge in [-0.1, -0.05) is 6.07 Å². The molecule has 0 bridgehead atoms. The van der Waals surface area contributed by atoms with Crippen molar-refractivity contribution in [3.8, 4) is 0 Å². The molecule has 0 aliphatic carbocycles. The number of carbonyl (C=O) groups is 2. The van der Waals surface area contributed by atoms with Gasteiger partial charge in [-0.2, -0.15) is 0 Å². The maximum absolute atomic E-state index is 11.5. The van der Waals surface area contributed by atoms with Crippen LogP contribution in [0.4, 0.5) is 4.79 Å². The van der Waals surface area contributed by atoms with Gasteiger partial charge < -0.3 is 15.2 Å². The second-order valence-electron chi connectivity index (χ2n) is 4.70. The highest BCUT2D eigenvalue weighted by molar-refractivity contribution is 5.81. The molecule has 1 aromatic rings. The lowest BCUT2D eigenvalue weighted by Gasteiger charge is -2.22. The Morgan fingerprint density at radius 1 is 1.44 bits per heavy atom. The Morgan fingerprint density at radius 2 is 2.11 bits per heavy atom. The summed E-state index contributed by atoms with van der Waals surface area (Å²) < 4.78 is 5.01. The molecule has 1 atom stereocenters. The van der Waals surface area contributed by atoms with Gasteiger partial charge in [0.25, 0.3) is 0 Å². The van der Waals surface area contributed by atoms with E-state index in [1.165, 1.54) is 12.4 Å². The number of amides is 1. The first-order valence-corrected chi connectivity index (χ1v) is 5.42. The van der Waals surface area contributed by atoms with Gasteiger partial charge in [0.05, 0.1) is 0 Å². The highest BCUT2D eigenvalue weighted by Gasteiger charge is 2.25. The molecule has 0 radical (unpaired) electrons. The number of carboxylic acid groups (broad SMARTS) is 1. The first-order chi connectivity index (χ1) is 8.29. The smallest absolute Gasteiger partial charge is 0.408 e. The van der Waals surface area contributed by atoms with E-state index in [1.807, 2.05) is 0 Å². The van der Waals surface area contributed by atoms with E-state index < -0.39 is 23.7 Å². The van der Waals surface area contributed by atoms with Gasteiger partial charge in [-0.25, -0.2) is 9.59 Å². The minimum absolute atomic E-state index is 0.385. The summed E-state index contributed by atoms with van der Waals surface area (Å²) in [5.74, 6) is -1.17. The summed E-state index contributed by atoms with van der Waals surface area (Å²) in [7, 11) is 0. The molecule has 1 heterocycles. The number of hydrogen-bond acceptors (Lipinski definition) is 4.